The van der Waals surface area contributed by atoms with Gasteiger partial charge in [0.1, 0.15) is 5.75 Å². The number of amides is 1. The molecule has 0 unspecified atom stereocenters. The number of carbonyl (C=O) groups excluding carboxylic acids is 1. The van der Waals surface area contributed by atoms with Crippen LogP contribution in [0.15, 0.2) is 36.5 Å². The predicted octanol–water partition coefficient (Wildman–Crippen LogP) is 2.91. The van der Waals surface area contributed by atoms with E-state index >= 15 is 0 Å². The molecule has 0 atom stereocenters. The Morgan fingerprint density at radius 1 is 1.26 bits per heavy atom. The number of aromatic nitrogens is 1. The van der Waals surface area contributed by atoms with Crippen molar-refractivity contribution in [1.82, 2.24) is 4.98 Å². The molecular weight excluding hydrogens is 240 g/mol. The molecule has 0 fully saturated rings. The minimum Gasteiger partial charge on any atom is -0.497 e. The first-order valence-corrected chi connectivity index (χ1v) is 6.05. The molecule has 2 heterocycles. The lowest BCUT2D eigenvalue weighted by Gasteiger charge is -2.05. The summed E-state index contributed by atoms with van der Waals surface area (Å²) in [7, 11) is 1.62. The molecule has 4 nitrogen and oxygen atoms in total. The minimum atomic E-state index is -0.0737. The van der Waals surface area contributed by atoms with Gasteiger partial charge in [-0.25, -0.2) is 0 Å². The van der Waals surface area contributed by atoms with Crippen LogP contribution in [-0.2, 0) is 4.79 Å². The van der Waals surface area contributed by atoms with Gasteiger partial charge in [0.2, 0.25) is 0 Å². The Balaban J connectivity index is 2.19. The fourth-order valence-corrected chi connectivity index (χ4v) is 2.34. The number of methoxy groups -OCH3 is 1. The molecule has 1 aromatic heterocycles. The molecule has 96 valence electrons. The average molecular weight is 254 g/mol. The molecule has 1 aliphatic heterocycles. The van der Waals surface area contributed by atoms with Gasteiger partial charge >= 0.3 is 0 Å². The molecule has 0 spiro atoms. The lowest BCUT2D eigenvalue weighted by molar-refractivity contribution is -0.110. The summed E-state index contributed by atoms with van der Waals surface area (Å²) in [6, 6.07) is 9.45. The molecule has 0 aliphatic carbocycles. The molecule has 0 saturated carbocycles. The number of hydrogen-bond donors (Lipinski definition) is 2. The molecule has 1 aliphatic rings. The number of nitrogens with one attached hydrogen (secondary N) is 2. The Kier molecular flexibility index (Phi) is 2.63. The van der Waals surface area contributed by atoms with Gasteiger partial charge in [-0.1, -0.05) is 0 Å². The van der Waals surface area contributed by atoms with Gasteiger partial charge in [0, 0.05) is 23.1 Å². The highest BCUT2D eigenvalue weighted by Crippen LogP contribution is 2.38. The molecule has 19 heavy (non-hydrogen) atoms. The number of hydrogen-bond acceptors (Lipinski definition) is 2. The molecule has 0 bridgehead atoms. The minimum absolute atomic E-state index is 0.0737. The van der Waals surface area contributed by atoms with Crippen molar-refractivity contribution >= 4 is 22.7 Å². The van der Waals surface area contributed by atoms with Crippen LogP contribution in [-0.4, -0.2) is 18.0 Å². The maximum absolute atomic E-state index is 12.1. The number of carbonyl (C=O) groups is 1. The van der Waals surface area contributed by atoms with E-state index in [1.54, 1.807) is 7.11 Å². The number of fused-ring (bicyclic) bond motifs is 1. The largest absolute Gasteiger partial charge is 0.497 e. The number of rotatable bonds is 2. The SMILES string of the molecule is COc1ccc2c(c1)/C(=C(/C)c1ccc[nH]1)C(=O)N2. The van der Waals surface area contributed by atoms with Crippen LogP contribution in [0.5, 0.6) is 5.75 Å². The van der Waals surface area contributed by atoms with Crippen LogP contribution >= 0.6 is 0 Å². The first-order valence-electron chi connectivity index (χ1n) is 6.05. The van der Waals surface area contributed by atoms with Crippen molar-refractivity contribution in [2.45, 2.75) is 6.92 Å². The Morgan fingerprint density at radius 2 is 2.11 bits per heavy atom. The summed E-state index contributed by atoms with van der Waals surface area (Å²) in [5.74, 6) is 0.669. The van der Waals surface area contributed by atoms with Crippen molar-refractivity contribution in [1.29, 1.82) is 0 Å². The van der Waals surface area contributed by atoms with E-state index in [2.05, 4.69) is 10.3 Å². The van der Waals surface area contributed by atoms with E-state index in [1.165, 1.54) is 0 Å². The maximum Gasteiger partial charge on any atom is 0.256 e. The summed E-state index contributed by atoms with van der Waals surface area (Å²) in [5, 5.41) is 2.88. The highest BCUT2D eigenvalue weighted by Gasteiger charge is 2.27. The van der Waals surface area contributed by atoms with Crippen LogP contribution in [0.4, 0.5) is 5.69 Å². The first kappa shape index (κ1) is 11.6. The normalized spacial score (nSPS) is 16.0. The van der Waals surface area contributed by atoms with Gasteiger partial charge in [0.05, 0.1) is 12.7 Å². The molecule has 3 rings (SSSR count). The molecule has 4 heteroatoms. The van der Waals surface area contributed by atoms with Crippen molar-refractivity contribution in [2.24, 2.45) is 0 Å². The van der Waals surface area contributed by atoms with Gasteiger partial charge < -0.3 is 15.0 Å². The van der Waals surface area contributed by atoms with E-state index in [9.17, 15) is 4.79 Å². The summed E-state index contributed by atoms with van der Waals surface area (Å²) in [6.07, 6.45) is 1.85. The zero-order valence-electron chi connectivity index (χ0n) is 10.8. The summed E-state index contributed by atoms with van der Waals surface area (Å²) < 4.78 is 5.22. The van der Waals surface area contributed by atoms with Crippen molar-refractivity contribution in [3.05, 3.63) is 47.8 Å². The van der Waals surface area contributed by atoms with E-state index in [-0.39, 0.29) is 5.91 Å². The zero-order valence-corrected chi connectivity index (χ0v) is 10.8. The third-order valence-corrected chi connectivity index (χ3v) is 3.35. The van der Waals surface area contributed by atoms with Gasteiger partial charge in [0.15, 0.2) is 0 Å². The van der Waals surface area contributed by atoms with E-state index in [4.69, 9.17) is 4.74 Å². The Hall–Kier alpha value is -2.49. The van der Waals surface area contributed by atoms with Crippen molar-refractivity contribution in [3.8, 4) is 5.75 Å². The fraction of sp³-hybridized carbons (Fsp3) is 0.133. The Labute approximate surface area is 111 Å². The van der Waals surface area contributed by atoms with Crippen molar-refractivity contribution in [3.63, 3.8) is 0 Å². The van der Waals surface area contributed by atoms with E-state index in [1.807, 2.05) is 43.5 Å². The van der Waals surface area contributed by atoms with Crippen LogP contribution in [0.25, 0.3) is 11.1 Å². The highest BCUT2D eigenvalue weighted by molar-refractivity contribution is 6.36. The Morgan fingerprint density at radius 3 is 2.79 bits per heavy atom. The van der Waals surface area contributed by atoms with Gasteiger partial charge in [0.25, 0.3) is 5.91 Å². The second kappa shape index (κ2) is 4.31. The van der Waals surface area contributed by atoms with Gasteiger partial charge in [-0.05, 0) is 42.8 Å². The average Bonchev–Trinajstić information content (AvgIpc) is 3.03. The summed E-state index contributed by atoms with van der Waals surface area (Å²) >= 11 is 0. The van der Waals surface area contributed by atoms with Gasteiger partial charge in [-0.15, -0.1) is 0 Å². The molecule has 2 N–H and O–H groups in total. The number of H-pyrrole nitrogens is 1. The standard InChI is InChI=1S/C15H14N2O2/c1-9(12-4-3-7-16-12)14-11-8-10(19-2)5-6-13(11)17-15(14)18/h3-8,16H,1-2H3,(H,17,18)/b14-9+. The van der Waals surface area contributed by atoms with Crippen LogP contribution in [0.3, 0.4) is 0 Å². The van der Waals surface area contributed by atoms with Gasteiger partial charge in [-0.3, -0.25) is 4.79 Å². The predicted molar refractivity (Wildman–Crippen MR) is 74.9 cm³/mol. The lowest BCUT2D eigenvalue weighted by Crippen LogP contribution is -2.05. The van der Waals surface area contributed by atoms with Crippen LogP contribution in [0.2, 0.25) is 0 Å². The monoisotopic (exact) mass is 254 g/mol. The number of anilines is 1. The quantitative estimate of drug-likeness (QED) is 0.810. The van der Waals surface area contributed by atoms with Crippen LogP contribution < -0.4 is 10.1 Å². The van der Waals surface area contributed by atoms with E-state index < -0.39 is 0 Å². The van der Waals surface area contributed by atoms with Gasteiger partial charge in [-0.2, -0.15) is 0 Å². The number of aromatic amines is 1. The summed E-state index contributed by atoms with van der Waals surface area (Å²) in [5.41, 5.74) is 4.27. The van der Waals surface area contributed by atoms with Crippen molar-refractivity contribution in [2.75, 3.05) is 12.4 Å². The van der Waals surface area contributed by atoms with Crippen molar-refractivity contribution < 1.29 is 9.53 Å². The number of ether oxygens (including phenoxy) is 1. The molecule has 1 amide bonds. The first-order chi connectivity index (χ1) is 9.20. The molecule has 0 saturated heterocycles. The maximum atomic E-state index is 12.1. The lowest BCUT2D eigenvalue weighted by atomic mass is 10.00. The number of allylic oxidation sites excluding steroid dienone is 1. The molecule has 2 aromatic rings. The number of benzene rings is 1. The summed E-state index contributed by atoms with van der Waals surface area (Å²) in [4.78, 5) is 15.3. The molecule has 0 radical (unpaired) electrons. The third kappa shape index (κ3) is 1.81. The van der Waals surface area contributed by atoms with E-state index in [0.717, 1.165) is 28.3 Å². The smallest absolute Gasteiger partial charge is 0.256 e. The highest BCUT2D eigenvalue weighted by atomic mass is 16.5. The van der Waals surface area contributed by atoms with E-state index in [0.29, 0.717) is 5.57 Å². The topological polar surface area (TPSA) is 54.1 Å². The Bertz CT molecular complexity index is 669. The van der Waals surface area contributed by atoms with Crippen LogP contribution in [0.1, 0.15) is 18.2 Å². The molecular formula is C15H14N2O2. The molecule has 1 aromatic carbocycles. The zero-order chi connectivity index (χ0) is 13.4. The fourth-order valence-electron chi connectivity index (χ4n) is 2.34. The third-order valence-electron chi connectivity index (χ3n) is 3.35. The second-order valence-electron chi connectivity index (χ2n) is 4.45. The summed E-state index contributed by atoms with van der Waals surface area (Å²) in [6.45, 7) is 1.94. The van der Waals surface area contributed by atoms with Crippen LogP contribution in [0, 0.1) is 0 Å². The second-order valence-corrected chi connectivity index (χ2v) is 4.45.